The average Bonchev–Trinajstić information content (AvgIpc) is 3.18. The van der Waals surface area contributed by atoms with Crippen molar-refractivity contribution < 1.29 is 129 Å². The monoisotopic (exact) mass is 828 g/mol. The van der Waals surface area contributed by atoms with E-state index in [9.17, 15) is 86.8 Å². The molecule has 0 radical (unpaired) electrons. The molecule has 5 aliphatic rings. The van der Waals surface area contributed by atoms with Crippen LogP contribution in [0.4, 0.5) is 0 Å². The minimum atomic E-state index is -2.18. The highest BCUT2D eigenvalue weighted by molar-refractivity contribution is 4.99. The summed E-state index contributed by atoms with van der Waals surface area (Å²) in [4.78, 5) is 0. The Balaban J connectivity index is 1.34. The van der Waals surface area contributed by atoms with Crippen molar-refractivity contribution >= 4 is 0 Å². The van der Waals surface area contributed by atoms with Crippen molar-refractivity contribution in [3.63, 3.8) is 0 Å². The fourth-order valence-electron chi connectivity index (χ4n) is 7.01. The highest BCUT2D eigenvalue weighted by Gasteiger charge is 2.56. The summed E-state index contributed by atoms with van der Waals surface area (Å²) in [6.07, 6.45) is -47.2. The molecule has 0 saturated carbocycles. The lowest BCUT2D eigenvalue weighted by Gasteiger charge is -2.49. The van der Waals surface area contributed by atoms with Crippen molar-refractivity contribution in [3.05, 3.63) is 0 Å². The van der Waals surface area contributed by atoms with Crippen LogP contribution in [0.3, 0.4) is 0 Å². The zero-order valence-electron chi connectivity index (χ0n) is 29.2. The minimum absolute atomic E-state index is 0.837. The van der Waals surface area contributed by atoms with Gasteiger partial charge >= 0.3 is 0 Å². The lowest BCUT2D eigenvalue weighted by Crippen LogP contribution is -2.68. The van der Waals surface area contributed by atoms with Crippen LogP contribution < -0.4 is 0 Å². The highest BCUT2D eigenvalue weighted by atomic mass is 16.8. The fraction of sp³-hybridized carbons (Fsp3) is 1.00. The van der Waals surface area contributed by atoms with Crippen molar-refractivity contribution in [1.29, 1.82) is 0 Å². The van der Waals surface area contributed by atoms with Gasteiger partial charge in [-0.15, -0.1) is 0 Å². The van der Waals surface area contributed by atoms with E-state index in [-0.39, 0.29) is 0 Å². The largest absolute Gasteiger partial charge is 0.394 e. The van der Waals surface area contributed by atoms with E-state index in [1.54, 1.807) is 0 Å². The Morgan fingerprint density at radius 3 is 0.821 bits per heavy atom. The van der Waals surface area contributed by atoms with Crippen LogP contribution in [0, 0.1) is 0 Å². The molecule has 56 heavy (non-hydrogen) atoms. The Morgan fingerprint density at radius 2 is 0.518 bits per heavy atom. The number of rotatable bonds is 13. The molecule has 5 fully saturated rings. The van der Waals surface area contributed by atoms with Gasteiger partial charge in [-0.2, -0.15) is 0 Å². The van der Waals surface area contributed by atoms with E-state index in [2.05, 4.69) is 0 Å². The van der Waals surface area contributed by atoms with Gasteiger partial charge in [-0.25, -0.2) is 0 Å². The molecular weight excluding hydrogens is 776 g/mol. The van der Waals surface area contributed by atoms with Crippen molar-refractivity contribution in [1.82, 2.24) is 0 Å². The average molecular weight is 829 g/mol. The lowest BCUT2D eigenvalue weighted by atomic mass is 9.95. The summed E-state index contributed by atoms with van der Waals surface area (Å²) < 4.78 is 48.9. The van der Waals surface area contributed by atoms with Crippen molar-refractivity contribution in [2.24, 2.45) is 0 Å². The Morgan fingerprint density at radius 1 is 0.268 bits per heavy atom. The van der Waals surface area contributed by atoms with Crippen LogP contribution in [0.5, 0.6) is 0 Å². The second kappa shape index (κ2) is 19.6. The standard InChI is InChI=1S/C30H52O26/c31-1-6-11(36)16(41)17(42)27(49-6)54-23-13(38)8(3-33)51-29(19(23)44)56-25-15(40)10(5-35)52-30(21(25)46)55-24-14(39)9(4-34)50-28(20(24)45)53-22-12(37)7(2-32)48-26(47)18(22)43/h6-47H,1-5H2/t6?,7?,8?,9?,10?,11-,12-,13-,14-,15-,16-,17?,18?,19?,20?,21?,22-,23-,24-,25-,26?,27-,28-,29-,30-/m0/s1. The van der Waals surface area contributed by atoms with E-state index >= 15 is 0 Å². The molecule has 0 spiro atoms. The molecule has 5 aliphatic heterocycles. The van der Waals surface area contributed by atoms with Gasteiger partial charge in [-0.05, 0) is 0 Å². The molecule has 17 N–H and O–H groups in total. The van der Waals surface area contributed by atoms with Gasteiger partial charge in [-0.3, -0.25) is 0 Å². The summed E-state index contributed by atoms with van der Waals surface area (Å²) in [5.41, 5.74) is 0. The normalized spacial score (nSPS) is 53.2. The summed E-state index contributed by atoms with van der Waals surface area (Å²) in [6, 6.07) is 0. The Hall–Kier alpha value is -1.04. The third kappa shape index (κ3) is 9.16. The summed E-state index contributed by atoms with van der Waals surface area (Å²) in [7, 11) is 0. The summed E-state index contributed by atoms with van der Waals surface area (Å²) in [6.45, 7) is -4.58. The number of aliphatic hydroxyl groups excluding tert-OH is 17. The van der Waals surface area contributed by atoms with E-state index in [1.165, 1.54) is 0 Å². The molecule has 5 rings (SSSR count). The predicted molar refractivity (Wildman–Crippen MR) is 167 cm³/mol. The zero-order chi connectivity index (χ0) is 41.3. The molecule has 0 aromatic carbocycles. The van der Waals surface area contributed by atoms with Gasteiger partial charge in [0.25, 0.3) is 0 Å². The molecule has 328 valence electrons. The lowest BCUT2D eigenvalue weighted by molar-refractivity contribution is -0.395. The van der Waals surface area contributed by atoms with Gasteiger partial charge in [-0.1, -0.05) is 0 Å². The molecule has 26 nitrogen and oxygen atoms in total. The van der Waals surface area contributed by atoms with E-state index < -0.39 is 187 Å². The first kappa shape index (κ1) is 46.0. The van der Waals surface area contributed by atoms with Crippen LogP contribution in [0.2, 0.25) is 0 Å². The van der Waals surface area contributed by atoms with Gasteiger partial charge in [0.15, 0.2) is 31.5 Å². The number of hydrogen-bond acceptors (Lipinski definition) is 26. The first-order valence-corrected chi connectivity index (χ1v) is 17.6. The van der Waals surface area contributed by atoms with Gasteiger partial charge in [0, 0.05) is 0 Å². The maximum absolute atomic E-state index is 11.4. The first-order chi connectivity index (χ1) is 26.5. The Bertz CT molecular complexity index is 1210. The van der Waals surface area contributed by atoms with E-state index in [0.29, 0.717) is 0 Å². The van der Waals surface area contributed by atoms with E-state index in [0.717, 1.165) is 0 Å². The quantitative estimate of drug-likeness (QED) is 0.0819. The molecule has 5 heterocycles. The molecule has 25 atom stereocenters. The molecule has 0 aliphatic carbocycles. The van der Waals surface area contributed by atoms with Gasteiger partial charge in [0.2, 0.25) is 0 Å². The summed E-state index contributed by atoms with van der Waals surface area (Å²) in [5, 5.41) is 177. The Kier molecular flexibility index (Phi) is 16.1. The number of hydrogen-bond donors (Lipinski definition) is 17. The summed E-state index contributed by atoms with van der Waals surface area (Å²) >= 11 is 0. The van der Waals surface area contributed by atoms with E-state index in [1.807, 2.05) is 0 Å². The highest BCUT2D eigenvalue weighted by Crippen LogP contribution is 2.35. The first-order valence-electron chi connectivity index (χ1n) is 17.6. The van der Waals surface area contributed by atoms with Crippen LogP contribution >= 0.6 is 0 Å². The molecule has 11 unspecified atom stereocenters. The molecule has 0 aromatic rings. The summed E-state index contributed by atoms with van der Waals surface area (Å²) in [5.74, 6) is 0. The van der Waals surface area contributed by atoms with Crippen molar-refractivity contribution in [2.45, 2.75) is 154 Å². The van der Waals surface area contributed by atoms with Gasteiger partial charge in [0.05, 0.1) is 33.0 Å². The van der Waals surface area contributed by atoms with Gasteiger partial charge < -0.3 is 129 Å². The fourth-order valence-corrected chi connectivity index (χ4v) is 7.01. The molecule has 26 heteroatoms. The predicted octanol–water partition coefficient (Wildman–Crippen LogP) is -11.9. The third-order valence-electron chi connectivity index (χ3n) is 10.3. The third-order valence-corrected chi connectivity index (χ3v) is 10.3. The minimum Gasteiger partial charge on any atom is -0.394 e. The van der Waals surface area contributed by atoms with Gasteiger partial charge in [0.1, 0.15) is 122 Å². The SMILES string of the molecule is OCC1O[C@@H](O[C@@H]2C(O)[C@H](O[C@@H]3C(O)[C@H](O[C@@H]4C(O)[C@H](O[C@@H]5C(O)C(O)OC(CO)[C@@H]5O)OC(CO)[C@@H]4O)OC(CO)[C@@H]3O)OC(CO)[C@@H]2O)C(O)[C@@H](O)[C@H]1O. The topological polar surface area (TPSA) is 427 Å². The number of ether oxygens (including phenoxy) is 9. The van der Waals surface area contributed by atoms with Crippen LogP contribution in [0.15, 0.2) is 0 Å². The molecular formula is C30H52O26. The zero-order valence-corrected chi connectivity index (χ0v) is 29.2. The van der Waals surface area contributed by atoms with E-state index in [4.69, 9.17) is 42.6 Å². The van der Waals surface area contributed by atoms with Crippen molar-refractivity contribution in [3.8, 4) is 0 Å². The van der Waals surface area contributed by atoms with Crippen LogP contribution in [-0.2, 0) is 42.6 Å². The maximum Gasteiger partial charge on any atom is 0.187 e. The van der Waals surface area contributed by atoms with Crippen LogP contribution in [0.25, 0.3) is 0 Å². The van der Waals surface area contributed by atoms with Crippen LogP contribution in [0.1, 0.15) is 0 Å². The molecule has 0 bridgehead atoms. The molecule has 0 amide bonds. The molecule has 5 saturated heterocycles. The van der Waals surface area contributed by atoms with Crippen LogP contribution in [-0.4, -0.2) is 273 Å². The number of aliphatic hydroxyl groups is 17. The molecule has 0 aromatic heterocycles. The van der Waals surface area contributed by atoms with Crippen molar-refractivity contribution in [2.75, 3.05) is 33.0 Å². The maximum atomic E-state index is 11.4. The Labute approximate surface area is 316 Å². The second-order valence-electron chi connectivity index (χ2n) is 13.9. The second-order valence-corrected chi connectivity index (χ2v) is 13.9. The smallest absolute Gasteiger partial charge is 0.187 e.